The van der Waals surface area contributed by atoms with Crippen LogP contribution in [0.15, 0.2) is 4.99 Å². The summed E-state index contributed by atoms with van der Waals surface area (Å²) in [6.45, 7) is 2.08. The van der Waals surface area contributed by atoms with Crippen molar-refractivity contribution in [3.8, 4) is 0 Å². The zero-order valence-corrected chi connectivity index (χ0v) is 8.34. The monoisotopic (exact) mass is 168 g/mol. The van der Waals surface area contributed by atoms with Crippen molar-refractivity contribution in [1.82, 2.24) is 4.90 Å². The van der Waals surface area contributed by atoms with Gasteiger partial charge in [0, 0.05) is 12.3 Å². The predicted octanol–water partition coefficient (Wildman–Crippen LogP) is 1.95. The van der Waals surface area contributed by atoms with Gasteiger partial charge in [-0.15, -0.1) is 0 Å². The standard InChI is InChI=1S/C10H20N2/c1-12(2)9-8-11-10-6-4-3-5-7-10/h3-9H2,1-2H3. The Morgan fingerprint density at radius 1 is 1.17 bits per heavy atom. The molecule has 0 unspecified atom stereocenters. The molecule has 0 atom stereocenters. The summed E-state index contributed by atoms with van der Waals surface area (Å²) in [5, 5.41) is 0. The Bertz CT molecular complexity index is 142. The highest BCUT2D eigenvalue weighted by Crippen LogP contribution is 2.14. The van der Waals surface area contributed by atoms with E-state index in [0.29, 0.717) is 0 Å². The summed E-state index contributed by atoms with van der Waals surface area (Å²) in [6.07, 6.45) is 6.65. The molecule has 0 aromatic rings. The van der Waals surface area contributed by atoms with Gasteiger partial charge in [-0.3, -0.25) is 4.99 Å². The first-order valence-electron chi connectivity index (χ1n) is 4.96. The lowest BCUT2D eigenvalue weighted by atomic mass is 9.99. The molecule has 2 heteroatoms. The molecule has 1 fully saturated rings. The van der Waals surface area contributed by atoms with Crippen molar-refractivity contribution < 1.29 is 0 Å². The second-order valence-electron chi connectivity index (χ2n) is 3.81. The van der Waals surface area contributed by atoms with E-state index >= 15 is 0 Å². The van der Waals surface area contributed by atoms with Crippen LogP contribution in [0.3, 0.4) is 0 Å². The van der Waals surface area contributed by atoms with Gasteiger partial charge in [-0.05, 0) is 39.8 Å². The maximum Gasteiger partial charge on any atom is 0.0515 e. The Hall–Kier alpha value is -0.370. The topological polar surface area (TPSA) is 15.6 Å². The van der Waals surface area contributed by atoms with Gasteiger partial charge in [0.1, 0.15) is 0 Å². The molecule has 1 saturated carbocycles. The maximum absolute atomic E-state index is 4.60. The Morgan fingerprint density at radius 2 is 1.83 bits per heavy atom. The van der Waals surface area contributed by atoms with Crippen LogP contribution in [0.2, 0.25) is 0 Å². The van der Waals surface area contributed by atoms with Gasteiger partial charge in [-0.2, -0.15) is 0 Å². The summed E-state index contributed by atoms with van der Waals surface area (Å²) in [5.41, 5.74) is 1.46. The third-order valence-corrected chi connectivity index (χ3v) is 2.31. The zero-order chi connectivity index (χ0) is 8.81. The third-order valence-electron chi connectivity index (χ3n) is 2.31. The molecule has 0 aromatic carbocycles. The fourth-order valence-corrected chi connectivity index (χ4v) is 1.53. The fourth-order valence-electron chi connectivity index (χ4n) is 1.53. The molecule has 1 aliphatic rings. The molecule has 0 saturated heterocycles. The van der Waals surface area contributed by atoms with E-state index in [1.54, 1.807) is 0 Å². The molecule has 12 heavy (non-hydrogen) atoms. The first-order chi connectivity index (χ1) is 5.79. The van der Waals surface area contributed by atoms with Crippen LogP contribution in [0.5, 0.6) is 0 Å². The molecule has 1 aliphatic carbocycles. The lowest BCUT2D eigenvalue weighted by Gasteiger charge is -2.13. The van der Waals surface area contributed by atoms with E-state index in [4.69, 9.17) is 0 Å². The highest BCUT2D eigenvalue weighted by molar-refractivity contribution is 5.84. The van der Waals surface area contributed by atoms with E-state index < -0.39 is 0 Å². The second-order valence-corrected chi connectivity index (χ2v) is 3.81. The van der Waals surface area contributed by atoms with E-state index in [1.165, 1.54) is 37.8 Å². The predicted molar refractivity (Wildman–Crippen MR) is 53.9 cm³/mol. The molecule has 0 spiro atoms. The number of aliphatic imine (C=N–C) groups is 1. The van der Waals surface area contributed by atoms with Gasteiger partial charge in [-0.25, -0.2) is 0 Å². The molecule has 1 rings (SSSR count). The summed E-state index contributed by atoms with van der Waals surface area (Å²) in [4.78, 5) is 6.79. The number of nitrogens with zero attached hydrogens (tertiary/aromatic N) is 2. The van der Waals surface area contributed by atoms with Gasteiger partial charge < -0.3 is 4.90 Å². The van der Waals surface area contributed by atoms with E-state index in [2.05, 4.69) is 24.0 Å². The Kier molecular flexibility index (Phi) is 4.30. The molecule has 0 heterocycles. The van der Waals surface area contributed by atoms with Crippen LogP contribution in [0.1, 0.15) is 32.1 Å². The van der Waals surface area contributed by atoms with E-state index in [1.807, 2.05) is 0 Å². The molecule has 0 amide bonds. The van der Waals surface area contributed by atoms with Crippen molar-refractivity contribution in [3.05, 3.63) is 0 Å². The van der Waals surface area contributed by atoms with Gasteiger partial charge >= 0.3 is 0 Å². The molecule has 0 aromatic heterocycles. The zero-order valence-electron chi connectivity index (χ0n) is 8.34. The molecular formula is C10H20N2. The van der Waals surface area contributed by atoms with Gasteiger partial charge in [0.05, 0.1) is 6.54 Å². The van der Waals surface area contributed by atoms with Crippen LogP contribution >= 0.6 is 0 Å². The van der Waals surface area contributed by atoms with Gasteiger partial charge in [0.15, 0.2) is 0 Å². The quantitative estimate of drug-likeness (QED) is 0.629. The van der Waals surface area contributed by atoms with Gasteiger partial charge in [0.2, 0.25) is 0 Å². The van der Waals surface area contributed by atoms with Crippen molar-refractivity contribution in [2.45, 2.75) is 32.1 Å². The number of rotatable bonds is 3. The number of hydrogen-bond donors (Lipinski definition) is 0. The first kappa shape index (κ1) is 9.72. The van der Waals surface area contributed by atoms with Gasteiger partial charge in [-0.1, -0.05) is 6.42 Å². The van der Waals surface area contributed by atoms with Gasteiger partial charge in [0.25, 0.3) is 0 Å². The van der Waals surface area contributed by atoms with Crippen LogP contribution in [0.25, 0.3) is 0 Å². The highest BCUT2D eigenvalue weighted by Gasteiger charge is 2.05. The molecule has 0 aliphatic heterocycles. The minimum absolute atomic E-state index is 0.988. The lowest BCUT2D eigenvalue weighted by Crippen LogP contribution is -2.16. The largest absolute Gasteiger partial charge is 0.308 e. The van der Waals surface area contributed by atoms with E-state index in [-0.39, 0.29) is 0 Å². The minimum atomic E-state index is 0.988. The molecule has 0 bridgehead atoms. The van der Waals surface area contributed by atoms with Crippen LogP contribution in [-0.2, 0) is 0 Å². The second kappa shape index (κ2) is 5.31. The average Bonchev–Trinajstić information content (AvgIpc) is 2.05. The Labute approximate surface area is 75.7 Å². The molecular weight excluding hydrogens is 148 g/mol. The smallest absolute Gasteiger partial charge is 0.0515 e. The first-order valence-corrected chi connectivity index (χ1v) is 4.96. The van der Waals surface area contributed by atoms with E-state index in [0.717, 1.165) is 13.1 Å². The van der Waals surface area contributed by atoms with Crippen LogP contribution in [0, 0.1) is 0 Å². The average molecular weight is 168 g/mol. The van der Waals surface area contributed by atoms with Crippen molar-refractivity contribution in [1.29, 1.82) is 0 Å². The Morgan fingerprint density at radius 3 is 2.42 bits per heavy atom. The van der Waals surface area contributed by atoms with Crippen molar-refractivity contribution >= 4 is 5.71 Å². The van der Waals surface area contributed by atoms with Crippen LogP contribution in [-0.4, -0.2) is 37.8 Å². The van der Waals surface area contributed by atoms with Crippen molar-refractivity contribution in [2.24, 2.45) is 4.99 Å². The SMILES string of the molecule is CN(C)CCN=C1CCCCC1. The third kappa shape index (κ3) is 3.86. The van der Waals surface area contributed by atoms with Crippen LogP contribution in [0.4, 0.5) is 0 Å². The van der Waals surface area contributed by atoms with E-state index in [9.17, 15) is 0 Å². The number of hydrogen-bond acceptors (Lipinski definition) is 2. The minimum Gasteiger partial charge on any atom is -0.308 e. The number of likely N-dealkylation sites (N-methyl/N-ethyl adjacent to an activating group) is 1. The van der Waals surface area contributed by atoms with Crippen molar-refractivity contribution in [2.75, 3.05) is 27.2 Å². The maximum atomic E-state index is 4.60. The molecule has 2 nitrogen and oxygen atoms in total. The highest BCUT2D eigenvalue weighted by atomic mass is 15.1. The lowest BCUT2D eigenvalue weighted by molar-refractivity contribution is 0.420. The molecule has 70 valence electrons. The fraction of sp³-hybridized carbons (Fsp3) is 0.900. The van der Waals surface area contributed by atoms with Crippen LogP contribution < -0.4 is 0 Å². The normalized spacial score (nSPS) is 18.4. The summed E-state index contributed by atoms with van der Waals surface area (Å²) in [6, 6.07) is 0. The summed E-state index contributed by atoms with van der Waals surface area (Å²) in [7, 11) is 4.20. The summed E-state index contributed by atoms with van der Waals surface area (Å²) >= 11 is 0. The molecule has 0 radical (unpaired) electrons. The molecule has 0 N–H and O–H groups in total. The Balaban J connectivity index is 2.16. The summed E-state index contributed by atoms with van der Waals surface area (Å²) < 4.78 is 0. The summed E-state index contributed by atoms with van der Waals surface area (Å²) in [5.74, 6) is 0. The van der Waals surface area contributed by atoms with Crippen molar-refractivity contribution in [3.63, 3.8) is 0 Å².